The number of fused-ring (bicyclic) bond motifs is 2. The minimum Gasteiger partial charge on any atom is -0.382 e. The number of hydrogen-bond acceptors (Lipinski definition) is 5. The molecule has 0 radical (unpaired) electrons. The Morgan fingerprint density at radius 2 is 1.94 bits per heavy atom. The fourth-order valence-electron chi connectivity index (χ4n) is 5.16. The quantitative estimate of drug-likeness (QED) is 0.343. The van der Waals surface area contributed by atoms with Crippen LogP contribution in [-0.2, 0) is 4.79 Å². The maximum Gasteiger partial charge on any atom is 0.227 e. The van der Waals surface area contributed by atoms with Crippen molar-refractivity contribution in [1.29, 1.82) is 0 Å². The monoisotopic (exact) mass is 465 g/mol. The summed E-state index contributed by atoms with van der Waals surface area (Å²) in [7, 11) is 0. The molecular weight excluding hydrogens is 438 g/mol. The van der Waals surface area contributed by atoms with Crippen molar-refractivity contribution in [3.63, 3.8) is 0 Å². The Hall–Kier alpha value is -4.20. The number of nitrogens with one attached hydrogen (secondary N) is 2. The summed E-state index contributed by atoms with van der Waals surface area (Å²) in [5.74, 6) is 1.73. The third kappa shape index (κ3) is 3.90. The van der Waals surface area contributed by atoms with Crippen LogP contribution in [0.5, 0.6) is 0 Å². The Kier molecular flexibility index (Phi) is 5.21. The average Bonchev–Trinajstić information content (AvgIpc) is 3.48. The van der Waals surface area contributed by atoms with E-state index in [1.54, 1.807) is 12.4 Å². The standard InChI is InChI=1S/C27H27N7O/c1-16-6-11-20(15-30-16)31-27(35)18-9-7-17(8-10-18)26-33-23(24-25(28)29-12-13-34(24)26)22-14-19-4-2-3-5-21(19)32-22/h2-6,11-15,17-18,32H,7-10H2,1H3,(H2,28,29)(H,31,35)/t17-,18-. The Morgan fingerprint density at radius 3 is 2.71 bits per heavy atom. The van der Waals surface area contributed by atoms with E-state index >= 15 is 0 Å². The van der Waals surface area contributed by atoms with Gasteiger partial charge in [0.2, 0.25) is 5.91 Å². The molecule has 0 aliphatic heterocycles. The first kappa shape index (κ1) is 21.3. The number of para-hydroxylation sites is 1. The highest BCUT2D eigenvalue weighted by Gasteiger charge is 2.30. The van der Waals surface area contributed by atoms with E-state index in [1.165, 1.54) is 0 Å². The average molecular weight is 466 g/mol. The molecule has 5 aromatic rings. The molecule has 1 fully saturated rings. The van der Waals surface area contributed by atoms with Crippen LogP contribution in [0.2, 0.25) is 0 Å². The highest BCUT2D eigenvalue weighted by Crippen LogP contribution is 2.39. The maximum absolute atomic E-state index is 12.8. The van der Waals surface area contributed by atoms with E-state index in [-0.39, 0.29) is 17.7 Å². The van der Waals surface area contributed by atoms with Crippen molar-refractivity contribution in [2.45, 2.75) is 38.5 Å². The van der Waals surface area contributed by atoms with Gasteiger partial charge in [-0.2, -0.15) is 0 Å². The number of H-pyrrole nitrogens is 1. The summed E-state index contributed by atoms with van der Waals surface area (Å²) in [6.07, 6.45) is 8.76. The van der Waals surface area contributed by atoms with Gasteiger partial charge in [0.1, 0.15) is 22.9 Å². The first-order valence-corrected chi connectivity index (χ1v) is 12.0. The Labute approximate surface area is 202 Å². The lowest BCUT2D eigenvalue weighted by Gasteiger charge is -2.27. The van der Waals surface area contributed by atoms with Crippen LogP contribution in [0.1, 0.15) is 43.1 Å². The van der Waals surface area contributed by atoms with Crippen LogP contribution >= 0.6 is 0 Å². The van der Waals surface area contributed by atoms with Crippen LogP contribution in [0.4, 0.5) is 11.5 Å². The number of anilines is 2. The highest BCUT2D eigenvalue weighted by molar-refractivity contribution is 5.93. The molecule has 1 amide bonds. The fourth-order valence-corrected chi connectivity index (χ4v) is 5.16. The summed E-state index contributed by atoms with van der Waals surface area (Å²) < 4.78 is 2.08. The van der Waals surface area contributed by atoms with E-state index in [4.69, 9.17) is 10.7 Å². The number of nitrogens with zero attached hydrogens (tertiary/aromatic N) is 4. The van der Waals surface area contributed by atoms with Crippen LogP contribution in [0.25, 0.3) is 27.8 Å². The lowest BCUT2D eigenvalue weighted by atomic mass is 9.81. The Bertz CT molecular complexity index is 1490. The number of aryl methyl sites for hydroxylation is 1. The number of nitrogens with two attached hydrogens (primary N) is 1. The summed E-state index contributed by atoms with van der Waals surface area (Å²) in [6, 6.07) is 14.1. The lowest BCUT2D eigenvalue weighted by molar-refractivity contribution is -0.120. The molecule has 1 saturated carbocycles. The zero-order chi connectivity index (χ0) is 23.9. The molecule has 1 aliphatic carbocycles. The summed E-state index contributed by atoms with van der Waals surface area (Å²) in [5.41, 5.74) is 11.6. The number of nitrogen functional groups attached to an aromatic ring is 1. The molecule has 0 atom stereocenters. The van der Waals surface area contributed by atoms with Gasteiger partial charge < -0.3 is 16.0 Å². The van der Waals surface area contributed by atoms with Gasteiger partial charge in [-0.3, -0.25) is 14.2 Å². The lowest BCUT2D eigenvalue weighted by Crippen LogP contribution is -2.27. The minimum atomic E-state index is -0.0151. The van der Waals surface area contributed by atoms with E-state index in [0.717, 1.165) is 70.7 Å². The molecule has 176 valence electrons. The number of imidazole rings is 1. The second-order valence-electron chi connectivity index (χ2n) is 9.35. The van der Waals surface area contributed by atoms with Crippen LogP contribution < -0.4 is 11.1 Å². The molecule has 1 aliphatic rings. The van der Waals surface area contributed by atoms with E-state index < -0.39 is 0 Å². The zero-order valence-corrected chi connectivity index (χ0v) is 19.5. The zero-order valence-electron chi connectivity index (χ0n) is 19.5. The maximum atomic E-state index is 12.8. The molecule has 0 saturated heterocycles. The summed E-state index contributed by atoms with van der Waals surface area (Å²) in [6.45, 7) is 1.93. The van der Waals surface area contributed by atoms with Gasteiger partial charge in [0, 0.05) is 40.8 Å². The number of amides is 1. The molecule has 6 rings (SSSR count). The van der Waals surface area contributed by atoms with Crippen molar-refractivity contribution in [1.82, 2.24) is 24.3 Å². The van der Waals surface area contributed by atoms with Crippen molar-refractivity contribution in [3.8, 4) is 11.4 Å². The van der Waals surface area contributed by atoms with Gasteiger partial charge in [-0.1, -0.05) is 18.2 Å². The number of rotatable bonds is 4. The van der Waals surface area contributed by atoms with E-state index in [0.29, 0.717) is 5.82 Å². The SMILES string of the molecule is Cc1ccc(NC(=O)[C@H]2CC[C@H](c3nc(-c4cc5ccccc5[nH]4)c4c(N)nccn43)CC2)cn1. The van der Waals surface area contributed by atoms with Crippen molar-refractivity contribution in [3.05, 3.63) is 72.6 Å². The minimum absolute atomic E-state index is 0.0151. The number of aromatic amines is 1. The van der Waals surface area contributed by atoms with Crippen molar-refractivity contribution < 1.29 is 4.79 Å². The van der Waals surface area contributed by atoms with Crippen LogP contribution in [0.3, 0.4) is 0 Å². The number of aromatic nitrogens is 5. The van der Waals surface area contributed by atoms with E-state index in [9.17, 15) is 4.79 Å². The topological polar surface area (TPSA) is 114 Å². The van der Waals surface area contributed by atoms with Crippen molar-refractivity contribution >= 4 is 33.8 Å². The highest BCUT2D eigenvalue weighted by atomic mass is 16.1. The van der Waals surface area contributed by atoms with E-state index in [1.807, 2.05) is 37.4 Å². The number of carbonyl (C=O) groups excluding carboxylic acids is 1. The van der Waals surface area contributed by atoms with Gasteiger partial charge in [0.25, 0.3) is 0 Å². The van der Waals surface area contributed by atoms with Gasteiger partial charge in [0.15, 0.2) is 0 Å². The molecular formula is C27H27N7O. The van der Waals surface area contributed by atoms with Gasteiger partial charge in [-0.25, -0.2) is 9.97 Å². The van der Waals surface area contributed by atoms with Gasteiger partial charge in [0.05, 0.1) is 17.6 Å². The molecule has 35 heavy (non-hydrogen) atoms. The Balaban J connectivity index is 1.26. The molecule has 4 aromatic heterocycles. The van der Waals surface area contributed by atoms with Gasteiger partial charge >= 0.3 is 0 Å². The van der Waals surface area contributed by atoms with Crippen LogP contribution in [-0.4, -0.2) is 30.2 Å². The predicted octanol–water partition coefficient (Wildman–Crippen LogP) is 5.08. The summed E-state index contributed by atoms with van der Waals surface area (Å²) >= 11 is 0. The third-order valence-electron chi connectivity index (χ3n) is 7.04. The Morgan fingerprint density at radius 1 is 1.11 bits per heavy atom. The second kappa shape index (κ2) is 8.54. The second-order valence-corrected chi connectivity index (χ2v) is 9.35. The normalized spacial score (nSPS) is 18.2. The summed E-state index contributed by atoms with van der Waals surface area (Å²) in [5, 5.41) is 4.15. The number of hydrogen-bond donors (Lipinski definition) is 3. The molecule has 4 N–H and O–H groups in total. The number of pyridine rings is 1. The van der Waals surface area contributed by atoms with Gasteiger partial charge in [-0.05, 0) is 56.9 Å². The van der Waals surface area contributed by atoms with Crippen molar-refractivity contribution in [2.24, 2.45) is 5.92 Å². The molecule has 0 spiro atoms. The van der Waals surface area contributed by atoms with Crippen LogP contribution in [0.15, 0.2) is 61.1 Å². The molecule has 0 bridgehead atoms. The number of carbonyl (C=O) groups is 1. The van der Waals surface area contributed by atoms with Crippen molar-refractivity contribution in [2.75, 3.05) is 11.1 Å². The smallest absolute Gasteiger partial charge is 0.227 e. The van der Waals surface area contributed by atoms with E-state index in [2.05, 4.69) is 42.9 Å². The molecule has 8 heteroatoms. The summed E-state index contributed by atoms with van der Waals surface area (Å²) in [4.78, 5) is 30.0. The largest absolute Gasteiger partial charge is 0.382 e. The molecule has 8 nitrogen and oxygen atoms in total. The molecule has 1 aromatic carbocycles. The molecule has 4 heterocycles. The first-order chi connectivity index (χ1) is 17.1. The fraction of sp³-hybridized carbons (Fsp3) is 0.259. The van der Waals surface area contributed by atoms with Gasteiger partial charge in [-0.15, -0.1) is 0 Å². The number of benzene rings is 1. The third-order valence-corrected chi connectivity index (χ3v) is 7.04. The predicted molar refractivity (Wildman–Crippen MR) is 137 cm³/mol. The first-order valence-electron chi connectivity index (χ1n) is 12.0. The molecule has 0 unspecified atom stereocenters. The van der Waals surface area contributed by atoms with Crippen LogP contribution in [0, 0.1) is 12.8 Å².